The van der Waals surface area contributed by atoms with Crippen molar-refractivity contribution in [2.75, 3.05) is 24.6 Å². The van der Waals surface area contributed by atoms with Crippen molar-refractivity contribution >= 4 is 17.6 Å². The van der Waals surface area contributed by atoms with Gasteiger partial charge < -0.3 is 15.0 Å². The Morgan fingerprint density at radius 1 is 1.11 bits per heavy atom. The number of nitrogens with zero attached hydrogens (tertiary/aromatic N) is 3. The number of piperidine rings is 1. The summed E-state index contributed by atoms with van der Waals surface area (Å²) in [6.45, 7) is 4.23. The largest absolute Gasteiger partial charge is 0.493 e. The van der Waals surface area contributed by atoms with E-state index in [2.05, 4.69) is 27.1 Å². The summed E-state index contributed by atoms with van der Waals surface area (Å²) in [5, 5.41) is 2.47. The molecule has 4 rings (SSSR count). The quantitative estimate of drug-likeness (QED) is 0.505. The first-order chi connectivity index (χ1) is 17.4. The lowest BCUT2D eigenvalue weighted by Crippen LogP contribution is -2.43. The van der Waals surface area contributed by atoms with Crippen LogP contribution in [0.15, 0.2) is 24.5 Å². The smallest absolute Gasteiger partial charge is 0.257 e. The number of benzene rings is 1. The molecule has 0 radical (unpaired) electrons. The predicted molar refractivity (Wildman–Crippen MR) is 132 cm³/mol. The van der Waals surface area contributed by atoms with Gasteiger partial charge in [-0.25, -0.2) is 18.7 Å². The van der Waals surface area contributed by atoms with Gasteiger partial charge in [-0.3, -0.25) is 9.59 Å². The van der Waals surface area contributed by atoms with Crippen LogP contribution in [0.4, 0.5) is 14.7 Å². The van der Waals surface area contributed by atoms with E-state index in [1.165, 1.54) is 0 Å². The summed E-state index contributed by atoms with van der Waals surface area (Å²) in [6.07, 6.45) is 10.9. The molecule has 2 aromatic rings. The van der Waals surface area contributed by atoms with Crippen molar-refractivity contribution in [3.8, 4) is 5.75 Å². The monoisotopic (exact) mass is 500 g/mol. The minimum atomic E-state index is -0.993. The number of Topliss-reactive ketones (excluding diaryl/α,β-unsaturated/α-hetero) is 1. The second kappa shape index (κ2) is 12.2. The second-order valence-electron chi connectivity index (χ2n) is 9.67. The van der Waals surface area contributed by atoms with Crippen LogP contribution in [0, 0.1) is 17.6 Å². The molecule has 36 heavy (non-hydrogen) atoms. The Morgan fingerprint density at radius 2 is 1.81 bits per heavy atom. The zero-order valence-corrected chi connectivity index (χ0v) is 20.8. The summed E-state index contributed by atoms with van der Waals surface area (Å²) >= 11 is 0. The topological polar surface area (TPSA) is 84.4 Å². The summed E-state index contributed by atoms with van der Waals surface area (Å²) in [5.41, 5.74) is 0.447. The normalized spacial score (nSPS) is 18.8. The van der Waals surface area contributed by atoms with Crippen LogP contribution in [0.5, 0.6) is 5.75 Å². The van der Waals surface area contributed by atoms with E-state index in [0.29, 0.717) is 25.4 Å². The molecule has 2 fully saturated rings. The summed E-state index contributed by atoms with van der Waals surface area (Å²) in [4.78, 5) is 35.4. The van der Waals surface area contributed by atoms with Crippen molar-refractivity contribution in [1.82, 2.24) is 15.3 Å². The number of nitrogens with one attached hydrogen (secondary N) is 1. The molecule has 0 spiro atoms. The fraction of sp³-hybridized carbons (Fsp3) is 0.556. The second-order valence-corrected chi connectivity index (χ2v) is 9.67. The van der Waals surface area contributed by atoms with Crippen LogP contribution in [0.3, 0.4) is 0 Å². The van der Waals surface area contributed by atoms with Crippen molar-refractivity contribution in [3.05, 3.63) is 47.3 Å². The van der Waals surface area contributed by atoms with Crippen LogP contribution in [0.25, 0.3) is 0 Å². The summed E-state index contributed by atoms with van der Waals surface area (Å²) in [6, 6.07) is 1.38. The molecule has 0 bridgehead atoms. The van der Waals surface area contributed by atoms with Crippen LogP contribution in [-0.2, 0) is 11.2 Å². The van der Waals surface area contributed by atoms with Crippen LogP contribution in [-0.4, -0.2) is 47.4 Å². The maximum absolute atomic E-state index is 14.6. The molecule has 1 saturated heterocycles. The Balaban J connectivity index is 1.20. The van der Waals surface area contributed by atoms with Gasteiger partial charge in [0.15, 0.2) is 5.78 Å². The molecule has 9 heteroatoms. The van der Waals surface area contributed by atoms with E-state index < -0.39 is 29.1 Å². The fourth-order valence-corrected chi connectivity index (χ4v) is 4.89. The predicted octanol–water partition coefficient (Wildman–Crippen LogP) is 4.63. The molecular weight excluding hydrogens is 466 g/mol. The van der Waals surface area contributed by atoms with Gasteiger partial charge >= 0.3 is 0 Å². The van der Waals surface area contributed by atoms with E-state index >= 15 is 0 Å². The summed E-state index contributed by atoms with van der Waals surface area (Å²) < 4.78 is 34.7. The third kappa shape index (κ3) is 6.56. The van der Waals surface area contributed by atoms with Gasteiger partial charge in [0.25, 0.3) is 5.91 Å². The van der Waals surface area contributed by atoms with Gasteiger partial charge in [-0.05, 0) is 56.4 Å². The molecule has 1 unspecified atom stereocenters. The highest BCUT2D eigenvalue weighted by Gasteiger charge is 2.27. The van der Waals surface area contributed by atoms with Crippen molar-refractivity contribution in [3.63, 3.8) is 0 Å². The van der Waals surface area contributed by atoms with Crippen molar-refractivity contribution in [2.24, 2.45) is 5.92 Å². The molecule has 1 aromatic carbocycles. The third-order valence-corrected chi connectivity index (χ3v) is 7.13. The number of halogens is 2. The van der Waals surface area contributed by atoms with Crippen LogP contribution < -0.4 is 15.0 Å². The molecule has 2 heterocycles. The fourth-order valence-electron chi connectivity index (χ4n) is 4.89. The van der Waals surface area contributed by atoms with Gasteiger partial charge in [0.2, 0.25) is 5.95 Å². The first kappa shape index (κ1) is 26.0. The van der Waals surface area contributed by atoms with E-state index in [1.807, 2.05) is 12.4 Å². The number of carbonyl (C=O) groups excluding carboxylic acids is 2. The molecule has 1 aliphatic carbocycles. The van der Waals surface area contributed by atoms with E-state index in [0.717, 1.165) is 81.7 Å². The van der Waals surface area contributed by atoms with Crippen molar-refractivity contribution in [1.29, 1.82) is 0 Å². The van der Waals surface area contributed by atoms with Gasteiger partial charge in [-0.1, -0.05) is 13.3 Å². The van der Waals surface area contributed by atoms with Crippen molar-refractivity contribution in [2.45, 2.75) is 70.8 Å². The average Bonchev–Trinajstić information content (AvgIpc) is 2.88. The molecule has 194 valence electrons. The minimum absolute atomic E-state index is 0.0535. The van der Waals surface area contributed by atoms with Crippen LogP contribution in [0.2, 0.25) is 0 Å². The lowest BCUT2D eigenvalue weighted by molar-refractivity contribution is -0.122. The molecule has 1 amide bonds. The Kier molecular flexibility index (Phi) is 8.83. The number of carbonyl (C=O) groups is 2. The molecule has 1 aromatic heterocycles. The maximum Gasteiger partial charge on any atom is 0.257 e. The lowest BCUT2D eigenvalue weighted by Gasteiger charge is -2.32. The van der Waals surface area contributed by atoms with E-state index in [-0.39, 0.29) is 11.5 Å². The molecule has 1 atom stereocenters. The SMILES string of the molecule is CCc1cnc(N2CCC(CCCOc3cc(F)c(C(=O)NC4CCCCC4=O)c(F)c3)CC2)nc1. The number of amides is 1. The first-order valence-corrected chi connectivity index (χ1v) is 13.0. The maximum atomic E-state index is 14.6. The summed E-state index contributed by atoms with van der Waals surface area (Å²) in [7, 11) is 0. The Labute approximate surface area is 210 Å². The minimum Gasteiger partial charge on any atom is -0.493 e. The van der Waals surface area contributed by atoms with Gasteiger partial charge in [-0.2, -0.15) is 0 Å². The molecular formula is C27H34F2N4O3. The number of hydrogen-bond acceptors (Lipinski definition) is 6. The number of aryl methyl sites for hydroxylation is 1. The number of rotatable bonds is 9. The van der Waals surface area contributed by atoms with E-state index in [9.17, 15) is 18.4 Å². The molecule has 7 nitrogen and oxygen atoms in total. The van der Waals surface area contributed by atoms with Crippen molar-refractivity contribution < 1.29 is 23.1 Å². The average molecular weight is 501 g/mol. The zero-order valence-electron chi connectivity index (χ0n) is 20.8. The van der Waals surface area contributed by atoms with Gasteiger partial charge in [0.1, 0.15) is 22.9 Å². The number of ketones is 1. The van der Waals surface area contributed by atoms with Crippen LogP contribution in [0.1, 0.15) is 74.2 Å². The Bertz CT molecular complexity index is 1030. The number of aromatic nitrogens is 2. The number of ether oxygens (including phenoxy) is 1. The zero-order chi connectivity index (χ0) is 25.5. The molecule has 1 aliphatic heterocycles. The number of hydrogen-bond donors (Lipinski definition) is 1. The van der Waals surface area contributed by atoms with Gasteiger partial charge in [0, 0.05) is 44.0 Å². The highest BCUT2D eigenvalue weighted by Crippen LogP contribution is 2.26. The number of anilines is 1. The van der Waals surface area contributed by atoms with E-state index in [4.69, 9.17) is 4.74 Å². The van der Waals surface area contributed by atoms with Gasteiger partial charge in [-0.15, -0.1) is 0 Å². The first-order valence-electron chi connectivity index (χ1n) is 13.0. The standard InChI is InChI=1S/C27H34F2N4O3/c1-2-18-16-30-27(31-17-18)33-11-9-19(10-12-33)6-5-13-36-20-14-21(28)25(22(29)15-20)26(35)32-23-7-3-4-8-24(23)34/h14-17,19,23H,2-13H2,1H3,(H,32,35). The van der Waals surface area contributed by atoms with Crippen LogP contribution >= 0.6 is 0 Å². The molecule has 1 N–H and O–H groups in total. The highest BCUT2D eigenvalue weighted by molar-refractivity contribution is 5.98. The highest BCUT2D eigenvalue weighted by atomic mass is 19.1. The Hall–Kier alpha value is -3.10. The summed E-state index contributed by atoms with van der Waals surface area (Å²) in [5.74, 6) is -1.60. The van der Waals surface area contributed by atoms with E-state index in [1.54, 1.807) is 0 Å². The third-order valence-electron chi connectivity index (χ3n) is 7.13. The van der Waals surface area contributed by atoms with Gasteiger partial charge in [0.05, 0.1) is 12.6 Å². The lowest BCUT2D eigenvalue weighted by atomic mass is 9.92. The Morgan fingerprint density at radius 3 is 2.44 bits per heavy atom. The molecule has 2 aliphatic rings. The molecule has 1 saturated carbocycles.